The highest BCUT2D eigenvalue weighted by Crippen LogP contribution is 2.24. The largest absolute Gasteiger partial charge is 0.399 e. The maximum atomic E-state index is 5.82. The second kappa shape index (κ2) is 4.46. The summed E-state index contributed by atoms with van der Waals surface area (Å²) in [5.74, 6) is 1.04. The molecule has 2 heterocycles. The van der Waals surface area contributed by atoms with Gasteiger partial charge in [-0.1, -0.05) is 0 Å². The Balaban J connectivity index is 2.06. The molecular formula is C14H17N3O. The van der Waals surface area contributed by atoms with E-state index in [-0.39, 0.29) is 0 Å². The topological polar surface area (TPSA) is 51.4 Å². The molecule has 4 heteroatoms. The number of nitrogens with two attached hydrogens (primary N) is 1. The lowest BCUT2D eigenvalue weighted by molar-refractivity contribution is 0.122. The van der Waals surface area contributed by atoms with E-state index >= 15 is 0 Å². The number of aromatic nitrogens is 1. The van der Waals surface area contributed by atoms with Gasteiger partial charge in [0.2, 0.25) is 0 Å². The van der Waals surface area contributed by atoms with Gasteiger partial charge in [0.25, 0.3) is 0 Å². The number of hydrogen-bond acceptors (Lipinski definition) is 4. The maximum Gasteiger partial charge on any atom is 0.129 e. The Hall–Kier alpha value is -1.81. The van der Waals surface area contributed by atoms with Crippen LogP contribution in [0.2, 0.25) is 0 Å². The molecule has 94 valence electrons. The van der Waals surface area contributed by atoms with Crippen molar-refractivity contribution in [3.05, 3.63) is 29.8 Å². The summed E-state index contributed by atoms with van der Waals surface area (Å²) in [5, 5.41) is 1.13. The average Bonchev–Trinajstić information content (AvgIpc) is 2.40. The zero-order valence-electron chi connectivity index (χ0n) is 10.5. The fourth-order valence-electron chi connectivity index (χ4n) is 2.35. The number of pyridine rings is 1. The Morgan fingerprint density at radius 3 is 2.78 bits per heavy atom. The predicted octanol–water partition coefficient (Wildman–Crippen LogP) is 1.96. The van der Waals surface area contributed by atoms with E-state index in [1.807, 2.05) is 18.2 Å². The van der Waals surface area contributed by atoms with E-state index < -0.39 is 0 Å². The number of nitrogens with zero attached hydrogens (tertiary/aromatic N) is 2. The molecule has 3 rings (SSSR count). The van der Waals surface area contributed by atoms with Crippen LogP contribution in [0.5, 0.6) is 0 Å². The number of ether oxygens (including phenoxy) is 1. The summed E-state index contributed by atoms with van der Waals surface area (Å²) < 4.78 is 5.37. The SMILES string of the molecule is Cc1cc(N2CCOCC2)nc2ccc(N)cc12. The van der Waals surface area contributed by atoms with Gasteiger partial charge in [-0.3, -0.25) is 0 Å². The molecule has 2 N–H and O–H groups in total. The van der Waals surface area contributed by atoms with Crippen LogP contribution in [0.1, 0.15) is 5.56 Å². The summed E-state index contributed by atoms with van der Waals surface area (Å²) in [4.78, 5) is 6.99. The van der Waals surface area contributed by atoms with Crippen LogP contribution in [0, 0.1) is 6.92 Å². The molecule has 2 aromatic rings. The van der Waals surface area contributed by atoms with Gasteiger partial charge in [0.1, 0.15) is 5.82 Å². The maximum absolute atomic E-state index is 5.82. The first-order valence-electron chi connectivity index (χ1n) is 6.23. The molecule has 1 fully saturated rings. The minimum atomic E-state index is 0.778. The highest BCUT2D eigenvalue weighted by atomic mass is 16.5. The van der Waals surface area contributed by atoms with Crippen molar-refractivity contribution in [1.29, 1.82) is 0 Å². The molecule has 0 amide bonds. The Morgan fingerprint density at radius 1 is 1.22 bits per heavy atom. The minimum Gasteiger partial charge on any atom is -0.399 e. The molecule has 0 aliphatic carbocycles. The number of rotatable bonds is 1. The molecule has 0 saturated carbocycles. The number of hydrogen-bond donors (Lipinski definition) is 1. The summed E-state index contributed by atoms with van der Waals surface area (Å²) in [6.45, 7) is 5.48. The standard InChI is InChI=1S/C14H17N3O/c1-10-8-14(17-4-6-18-7-5-17)16-13-3-2-11(15)9-12(10)13/h2-3,8-9H,4-7,15H2,1H3. The fourth-order valence-corrected chi connectivity index (χ4v) is 2.35. The highest BCUT2D eigenvalue weighted by molar-refractivity contribution is 5.86. The Bertz CT molecular complexity index is 577. The van der Waals surface area contributed by atoms with Crippen LogP contribution >= 0.6 is 0 Å². The fraction of sp³-hybridized carbons (Fsp3) is 0.357. The van der Waals surface area contributed by atoms with Crippen molar-refractivity contribution in [2.75, 3.05) is 36.9 Å². The Labute approximate surface area is 106 Å². The molecule has 1 aliphatic heterocycles. The van der Waals surface area contributed by atoms with Gasteiger partial charge in [0, 0.05) is 24.2 Å². The zero-order valence-corrected chi connectivity index (χ0v) is 10.5. The molecule has 4 nitrogen and oxygen atoms in total. The third-order valence-electron chi connectivity index (χ3n) is 3.36. The lowest BCUT2D eigenvalue weighted by Gasteiger charge is -2.28. The highest BCUT2D eigenvalue weighted by Gasteiger charge is 2.13. The molecule has 1 aliphatic rings. The van der Waals surface area contributed by atoms with Crippen LogP contribution in [0.4, 0.5) is 11.5 Å². The normalized spacial score (nSPS) is 16.2. The average molecular weight is 243 g/mol. The van der Waals surface area contributed by atoms with Gasteiger partial charge in [0.05, 0.1) is 18.7 Å². The summed E-state index contributed by atoms with van der Waals surface area (Å²) >= 11 is 0. The lowest BCUT2D eigenvalue weighted by Crippen LogP contribution is -2.36. The lowest BCUT2D eigenvalue weighted by atomic mass is 10.1. The summed E-state index contributed by atoms with van der Waals surface area (Å²) in [7, 11) is 0. The second-order valence-corrected chi connectivity index (χ2v) is 4.67. The van der Waals surface area contributed by atoms with E-state index in [0.717, 1.165) is 48.7 Å². The van der Waals surface area contributed by atoms with Crippen LogP contribution < -0.4 is 10.6 Å². The van der Waals surface area contributed by atoms with E-state index in [1.165, 1.54) is 5.56 Å². The smallest absolute Gasteiger partial charge is 0.129 e. The van der Waals surface area contributed by atoms with Crippen molar-refractivity contribution in [2.45, 2.75) is 6.92 Å². The third-order valence-corrected chi connectivity index (χ3v) is 3.36. The van der Waals surface area contributed by atoms with Crippen molar-refractivity contribution in [1.82, 2.24) is 4.98 Å². The van der Waals surface area contributed by atoms with Gasteiger partial charge in [-0.05, 0) is 36.8 Å². The van der Waals surface area contributed by atoms with Crippen molar-refractivity contribution in [3.63, 3.8) is 0 Å². The molecule has 0 bridgehead atoms. The van der Waals surface area contributed by atoms with Crippen molar-refractivity contribution < 1.29 is 4.74 Å². The van der Waals surface area contributed by atoms with E-state index in [1.54, 1.807) is 0 Å². The Kier molecular flexibility index (Phi) is 2.80. The van der Waals surface area contributed by atoms with Crippen molar-refractivity contribution >= 4 is 22.4 Å². The number of fused-ring (bicyclic) bond motifs is 1. The number of morpholine rings is 1. The molecule has 1 aromatic carbocycles. The second-order valence-electron chi connectivity index (χ2n) is 4.67. The summed E-state index contributed by atoms with van der Waals surface area (Å²) in [5.41, 5.74) is 8.82. The van der Waals surface area contributed by atoms with Crippen molar-refractivity contribution in [3.8, 4) is 0 Å². The summed E-state index contributed by atoms with van der Waals surface area (Å²) in [6.07, 6.45) is 0. The van der Waals surface area contributed by atoms with E-state index in [0.29, 0.717) is 0 Å². The molecule has 0 atom stereocenters. The summed E-state index contributed by atoms with van der Waals surface area (Å²) in [6, 6.07) is 8.01. The van der Waals surface area contributed by atoms with Gasteiger partial charge in [0.15, 0.2) is 0 Å². The predicted molar refractivity (Wildman–Crippen MR) is 73.9 cm³/mol. The van der Waals surface area contributed by atoms with Crippen LogP contribution in [-0.4, -0.2) is 31.3 Å². The number of benzene rings is 1. The molecule has 0 spiro atoms. The van der Waals surface area contributed by atoms with Crippen molar-refractivity contribution in [2.24, 2.45) is 0 Å². The first-order chi connectivity index (χ1) is 8.74. The van der Waals surface area contributed by atoms with Crippen LogP contribution in [0.15, 0.2) is 24.3 Å². The van der Waals surface area contributed by atoms with Crippen LogP contribution in [0.25, 0.3) is 10.9 Å². The molecule has 0 radical (unpaired) electrons. The van der Waals surface area contributed by atoms with Gasteiger partial charge >= 0.3 is 0 Å². The molecule has 1 aromatic heterocycles. The van der Waals surface area contributed by atoms with Crippen LogP contribution in [0.3, 0.4) is 0 Å². The third kappa shape index (κ3) is 1.99. The van der Waals surface area contributed by atoms with Crippen LogP contribution in [-0.2, 0) is 4.74 Å². The quantitative estimate of drug-likeness (QED) is 0.778. The molecule has 18 heavy (non-hydrogen) atoms. The number of nitrogen functional groups attached to an aromatic ring is 1. The van der Waals surface area contributed by atoms with Gasteiger partial charge in [-0.15, -0.1) is 0 Å². The monoisotopic (exact) mass is 243 g/mol. The number of anilines is 2. The molecule has 1 saturated heterocycles. The van der Waals surface area contributed by atoms with Gasteiger partial charge < -0.3 is 15.4 Å². The van der Waals surface area contributed by atoms with Gasteiger partial charge in [-0.25, -0.2) is 4.98 Å². The first kappa shape index (κ1) is 11.3. The molecule has 0 unspecified atom stereocenters. The van der Waals surface area contributed by atoms with Gasteiger partial charge in [-0.2, -0.15) is 0 Å². The van der Waals surface area contributed by atoms with E-state index in [2.05, 4.69) is 17.9 Å². The Morgan fingerprint density at radius 2 is 2.00 bits per heavy atom. The first-order valence-corrected chi connectivity index (χ1v) is 6.23. The zero-order chi connectivity index (χ0) is 12.5. The molecular weight excluding hydrogens is 226 g/mol. The van der Waals surface area contributed by atoms with E-state index in [4.69, 9.17) is 15.5 Å². The number of aryl methyl sites for hydroxylation is 1. The minimum absolute atomic E-state index is 0.778. The van der Waals surface area contributed by atoms with E-state index in [9.17, 15) is 0 Å².